The standard InChI is InChI=1S/C26H29Cl2NO4.C21H21Cl2NO2/c1-26(2,3)33-25(31)29-14-21-20(24(29)30)12-11-19(18-10-9-17(32-4)13-22(18)28)23(21)15-5-7-16(27)8-6-15;1-26-14-6-7-15(19(23)10-14)16-8-9-17-18(11-24-21(17)25)20(16)12-2-4-13(22)5-3-12/h5-10,13,19-21,23H,11-12,14H2,1-4H3;2-7,10,16-18,20H,8-9,11H2,1H3,(H,24,25)/t19-,20+,21+,23-;16-,17+,18+,20-/m00/s1. The van der Waals surface area contributed by atoms with Crippen molar-refractivity contribution in [2.45, 2.75) is 75.7 Å². The van der Waals surface area contributed by atoms with Crippen molar-refractivity contribution in [3.63, 3.8) is 0 Å². The Labute approximate surface area is 366 Å². The van der Waals surface area contributed by atoms with E-state index in [9.17, 15) is 14.4 Å². The SMILES string of the molecule is COc1ccc([C@@H]2CC[C@H]3C(=O)N(C(=O)OC(C)(C)C)C[C@H]3[C@H]2c2ccc(Cl)cc2)c(Cl)c1.COc1ccc([C@@H]2CC[C@H]3C(=O)NC[C@H]3[C@H]2c2ccc(Cl)cc2)c(Cl)c1. The van der Waals surface area contributed by atoms with Crippen molar-refractivity contribution in [3.05, 3.63) is 127 Å². The summed E-state index contributed by atoms with van der Waals surface area (Å²) in [6.07, 6.45) is 2.74. The van der Waals surface area contributed by atoms with Crippen molar-refractivity contribution in [1.29, 1.82) is 0 Å². The van der Waals surface area contributed by atoms with E-state index >= 15 is 0 Å². The number of methoxy groups -OCH3 is 2. The second-order valence-corrected chi connectivity index (χ2v) is 18.7. The van der Waals surface area contributed by atoms with Gasteiger partial charge < -0.3 is 19.5 Å². The molecule has 312 valence electrons. The first-order valence-corrected chi connectivity index (χ1v) is 21.7. The van der Waals surface area contributed by atoms with E-state index in [1.807, 2.05) is 66.7 Å². The van der Waals surface area contributed by atoms with Crippen LogP contribution in [0.4, 0.5) is 4.79 Å². The largest absolute Gasteiger partial charge is 0.497 e. The van der Waals surface area contributed by atoms with Gasteiger partial charge in [-0.3, -0.25) is 9.59 Å². The predicted molar refractivity (Wildman–Crippen MR) is 233 cm³/mol. The number of nitrogens with one attached hydrogen (secondary N) is 1. The minimum absolute atomic E-state index is 0.00305. The summed E-state index contributed by atoms with van der Waals surface area (Å²) >= 11 is 25.6. The van der Waals surface area contributed by atoms with Gasteiger partial charge in [-0.15, -0.1) is 0 Å². The molecule has 59 heavy (non-hydrogen) atoms. The minimum Gasteiger partial charge on any atom is -0.497 e. The molecule has 0 spiro atoms. The molecule has 0 bridgehead atoms. The van der Waals surface area contributed by atoms with E-state index in [-0.39, 0.29) is 59.2 Å². The fourth-order valence-electron chi connectivity index (χ4n) is 9.98. The van der Waals surface area contributed by atoms with Gasteiger partial charge >= 0.3 is 6.09 Å². The smallest absolute Gasteiger partial charge is 0.417 e. The summed E-state index contributed by atoms with van der Waals surface area (Å²) in [4.78, 5) is 39.6. The number of hydrogen-bond acceptors (Lipinski definition) is 6. The third-order valence-corrected chi connectivity index (χ3v) is 13.7. The molecule has 2 aliphatic heterocycles. The molecule has 2 aliphatic carbocycles. The van der Waals surface area contributed by atoms with Gasteiger partial charge in [-0.1, -0.05) is 82.8 Å². The Bertz CT molecular complexity index is 2170. The predicted octanol–water partition coefficient (Wildman–Crippen LogP) is 11.7. The van der Waals surface area contributed by atoms with E-state index in [1.165, 1.54) is 10.5 Å². The Kier molecular flexibility index (Phi) is 13.1. The van der Waals surface area contributed by atoms with Gasteiger partial charge in [-0.2, -0.15) is 0 Å². The number of likely N-dealkylation sites (tertiary alicyclic amines) is 1. The Balaban J connectivity index is 0.000000184. The fraction of sp³-hybridized carbons (Fsp3) is 0.426. The molecular weight excluding hydrogens is 830 g/mol. The van der Waals surface area contributed by atoms with Crippen LogP contribution in [0.5, 0.6) is 11.5 Å². The van der Waals surface area contributed by atoms with E-state index < -0.39 is 11.7 Å². The molecule has 12 heteroatoms. The lowest BCUT2D eigenvalue weighted by atomic mass is 9.63. The van der Waals surface area contributed by atoms with E-state index in [0.717, 1.165) is 58.3 Å². The van der Waals surface area contributed by atoms with Crippen LogP contribution in [0.3, 0.4) is 0 Å². The van der Waals surface area contributed by atoms with Crippen LogP contribution in [-0.4, -0.2) is 55.7 Å². The minimum atomic E-state index is -0.667. The molecule has 2 saturated carbocycles. The van der Waals surface area contributed by atoms with E-state index in [1.54, 1.807) is 35.0 Å². The second-order valence-electron chi connectivity index (χ2n) is 17.0. The topological polar surface area (TPSA) is 94.2 Å². The highest BCUT2D eigenvalue weighted by molar-refractivity contribution is 6.32. The van der Waals surface area contributed by atoms with E-state index in [4.69, 9.17) is 60.6 Å². The van der Waals surface area contributed by atoms with Crippen molar-refractivity contribution in [2.24, 2.45) is 23.7 Å². The van der Waals surface area contributed by atoms with Gasteiger partial charge in [0, 0.05) is 45.0 Å². The van der Waals surface area contributed by atoms with Gasteiger partial charge in [0.25, 0.3) is 0 Å². The average Bonchev–Trinajstić information content (AvgIpc) is 3.76. The zero-order valence-corrected chi connectivity index (χ0v) is 36.9. The van der Waals surface area contributed by atoms with Crippen molar-refractivity contribution >= 4 is 64.3 Å². The number of rotatable bonds is 6. The molecule has 2 heterocycles. The van der Waals surface area contributed by atoms with Crippen LogP contribution in [0.1, 0.15) is 92.4 Å². The van der Waals surface area contributed by atoms with Gasteiger partial charge in [-0.05, 0) is 153 Å². The molecule has 8 rings (SSSR count). The van der Waals surface area contributed by atoms with Crippen LogP contribution in [0.25, 0.3) is 0 Å². The van der Waals surface area contributed by atoms with E-state index in [2.05, 4.69) is 23.5 Å². The van der Waals surface area contributed by atoms with Crippen LogP contribution >= 0.6 is 46.4 Å². The number of hydrogen-bond donors (Lipinski definition) is 1. The third-order valence-electron chi connectivity index (χ3n) is 12.6. The molecule has 1 N–H and O–H groups in total. The summed E-state index contributed by atoms with van der Waals surface area (Å²) in [6.45, 7) is 6.46. The fourth-order valence-corrected chi connectivity index (χ4v) is 10.8. The van der Waals surface area contributed by atoms with Crippen molar-refractivity contribution < 1.29 is 28.6 Å². The number of fused-ring (bicyclic) bond motifs is 2. The molecule has 0 radical (unpaired) electrons. The maximum atomic E-state index is 13.3. The molecule has 0 aromatic heterocycles. The summed E-state index contributed by atoms with van der Waals surface area (Å²) in [5.74, 6) is 2.19. The summed E-state index contributed by atoms with van der Waals surface area (Å²) < 4.78 is 16.1. The summed E-state index contributed by atoms with van der Waals surface area (Å²) in [5.41, 5.74) is 3.80. The number of amides is 3. The number of carbonyl (C=O) groups is 3. The van der Waals surface area contributed by atoms with Crippen LogP contribution in [0, 0.1) is 23.7 Å². The van der Waals surface area contributed by atoms with Crippen molar-refractivity contribution in [1.82, 2.24) is 10.2 Å². The quantitative estimate of drug-likeness (QED) is 0.207. The Morgan fingerprint density at radius 3 is 1.56 bits per heavy atom. The molecule has 4 aromatic carbocycles. The highest BCUT2D eigenvalue weighted by Gasteiger charge is 2.53. The maximum Gasteiger partial charge on any atom is 0.417 e. The zero-order chi connectivity index (χ0) is 42.2. The van der Waals surface area contributed by atoms with Gasteiger partial charge in [0.15, 0.2) is 0 Å². The van der Waals surface area contributed by atoms with Gasteiger partial charge in [0.05, 0.1) is 14.2 Å². The lowest BCUT2D eigenvalue weighted by Crippen LogP contribution is -2.38. The van der Waals surface area contributed by atoms with Crippen LogP contribution < -0.4 is 14.8 Å². The summed E-state index contributed by atoms with van der Waals surface area (Å²) in [6, 6.07) is 27.5. The van der Waals surface area contributed by atoms with Crippen LogP contribution in [0.2, 0.25) is 20.1 Å². The number of halogens is 4. The first-order chi connectivity index (χ1) is 28.2. The Hall–Kier alpha value is -3.95. The molecule has 4 fully saturated rings. The molecule has 4 aromatic rings. The third kappa shape index (κ3) is 9.22. The molecule has 8 atom stereocenters. The Morgan fingerprint density at radius 2 is 1.10 bits per heavy atom. The second kappa shape index (κ2) is 18.0. The lowest BCUT2D eigenvalue weighted by Gasteiger charge is -2.40. The van der Waals surface area contributed by atoms with E-state index in [0.29, 0.717) is 28.8 Å². The highest BCUT2D eigenvalue weighted by Crippen LogP contribution is 2.55. The maximum absolute atomic E-state index is 13.3. The molecule has 4 aliphatic rings. The van der Waals surface area contributed by atoms with Gasteiger partial charge in [0.1, 0.15) is 17.1 Å². The zero-order valence-electron chi connectivity index (χ0n) is 33.9. The average molecular weight is 881 g/mol. The number of ether oxygens (including phenoxy) is 3. The van der Waals surface area contributed by atoms with Crippen LogP contribution in [0.15, 0.2) is 84.9 Å². The molecule has 2 saturated heterocycles. The summed E-state index contributed by atoms with van der Waals surface area (Å²) in [7, 11) is 3.26. The first kappa shape index (κ1) is 43.1. The van der Waals surface area contributed by atoms with Crippen LogP contribution in [-0.2, 0) is 14.3 Å². The molecule has 3 amide bonds. The van der Waals surface area contributed by atoms with Crippen molar-refractivity contribution in [3.8, 4) is 11.5 Å². The van der Waals surface area contributed by atoms with Gasteiger partial charge in [0.2, 0.25) is 11.8 Å². The molecule has 8 nitrogen and oxygen atoms in total. The lowest BCUT2D eigenvalue weighted by molar-refractivity contribution is -0.131. The molecule has 0 unspecified atom stereocenters. The summed E-state index contributed by atoms with van der Waals surface area (Å²) in [5, 5.41) is 5.81. The number of imide groups is 1. The van der Waals surface area contributed by atoms with Gasteiger partial charge in [-0.25, -0.2) is 9.69 Å². The Morgan fingerprint density at radius 1 is 0.644 bits per heavy atom. The number of carbonyl (C=O) groups excluding carboxylic acids is 3. The monoisotopic (exact) mass is 878 g/mol. The number of benzene rings is 4. The highest BCUT2D eigenvalue weighted by atomic mass is 35.5. The first-order valence-electron chi connectivity index (χ1n) is 20.2. The van der Waals surface area contributed by atoms with Crippen molar-refractivity contribution in [2.75, 3.05) is 27.3 Å². The normalized spacial score (nSPS) is 26.2. The molecular formula is C47H50Cl4N2O6. The number of nitrogens with zero attached hydrogens (tertiary/aromatic N) is 1.